The van der Waals surface area contributed by atoms with Gasteiger partial charge in [-0.05, 0) is 12.5 Å². The first kappa shape index (κ1) is 23.1. The van der Waals surface area contributed by atoms with Gasteiger partial charge in [-0.15, -0.1) is 0 Å². The van der Waals surface area contributed by atoms with Crippen LogP contribution in [-0.4, -0.2) is 50.7 Å². The second-order valence-electron chi connectivity index (χ2n) is 6.09. The van der Waals surface area contributed by atoms with Crippen LogP contribution in [0.25, 0.3) is 0 Å². The number of hydrogen-bond donors (Lipinski definition) is 0. The second-order valence-corrected chi connectivity index (χ2v) is 6.09. The van der Waals surface area contributed by atoms with E-state index in [0.717, 1.165) is 5.56 Å². The molecule has 2 rings (SSSR count). The van der Waals surface area contributed by atoms with Crippen molar-refractivity contribution in [2.24, 2.45) is 0 Å². The third kappa shape index (κ3) is 5.46. The molecule has 0 aliphatic carbocycles. The predicted molar refractivity (Wildman–Crippen MR) is 107 cm³/mol. The number of pyridine rings is 1. The van der Waals surface area contributed by atoms with E-state index >= 15 is 0 Å². The fraction of sp³-hybridized carbons (Fsp3) is 0.381. The van der Waals surface area contributed by atoms with E-state index in [1.807, 2.05) is 18.2 Å². The zero-order valence-electron chi connectivity index (χ0n) is 17.4. The molecular formula is C21H25NO8. The van der Waals surface area contributed by atoms with Crippen molar-refractivity contribution in [2.45, 2.75) is 26.4 Å². The molecule has 9 heteroatoms. The fourth-order valence-electron chi connectivity index (χ4n) is 2.71. The maximum Gasteiger partial charge on any atom is 0.358 e. The molecule has 0 aliphatic rings. The number of esters is 2. The van der Waals surface area contributed by atoms with Crippen molar-refractivity contribution in [1.82, 2.24) is 4.57 Å². The molecule has 1 heterocycles. The first-order valence-electron chi connectivity index (χ1n) is 9.21. The predicted octanol–water partition coefficient (Wildman–Crippen LogP) is 2.01. The lowest BCUT2D eigenvalue weighted by Crippen LogP contribution is -2.30. The van der Waals surface area contributed by atoms with Gasteiger partial charge in [-0.1, -0.05) is 30.3 Å². The Hall–Kier alpha value is -3.17. The molecule has 0 bridgehead atoms. The van der Waals surface area contributed by atoms with Crippen LogP contribution in [0.1, 0.15) is 33.3 Å². The number of nitrogens with zero attached hydrogens (tertiary/aromatic N) is 1. The molecule has 0 fully saturated rings. The highest BCUT2D eigenvalue weighted by Crippen LogP contribution is 2.20. The van der Waals surface area contributed by atoms with Gasteiger partial charge in [-0.2, -0.15) is 0 Å². The first-order chi connectivity index (χ1) is 14.5. The lowest BCUT2D eigenvalue weighted by atomic mass is 10.2. The molecule has 0 saturated heterocycles. The number of ether oxygens (including phenoxy) is 5. The number of hydrogen-bond acceptors (Lipinski definition) is 8. The average molecular weight is 419 g/mol. The third-order valence-corrected chi connectivity index (χ3v) is 4.21. The van der Waals surface area contributed by atoms with Gasteiger partial charge in [-0.25, -0.2) is 9.59 Å². The highest BCUT2D eigenvalue weighted by Gasteiger charge is 2.28. The van der Waals surface area contributed by atoms with Crippen LogP contribution in [0.3, 0.4) is 0 Å². The Balaban J connectivity index is 2.63. The summed E-state index contributed by atoms with van der Waals surface area (Å²) in [5, 5.41) is 0. The maximum atomic E-state index is 13.0. The van der Waals surface area contributed by atoms with Crippen molar-refractivity contribution >= 4 is 11.9 Å². The Morgan fingerprint density at radius 3 is 2.27 bits per heavy atom. The van der Waals surface area contributed by atoms with Gasteiger partial charge in [0.15, 0.2) is 17.7 Å². The zero-order chi connectivity index (χ0) is 22.1. The fourth-order valence-corrected chi connectivity index (χ4v) is 2.71. The van der Waals surface area contributed by atoms with Crippen LogP contribution in [0, 0.1) is 0 Å². The second kappa shape index (κ2) is 11.1. The van der Waals surface area contributed by atoms with E-state index in [4.69, 9.17) is 23.7 Å². The molecular weight excluding hydrogens is 394 g/mol. The average Bonchev–Trinajstić information content (AvgIpc) is 2.77. The Labute approximate surface area is 174 Å². The van der Waals surface area contributed by atoms with Crippen LogP contribution in [0.4, 0.5) is 0 Å². The van der Waals surface area contributed by atoms with E-state index in [1.165, 1.54) is 32.1 Å². The molecule has 0 amide bonds. The summed E-state index contributed by atoms with van der Waals surface area (Å²) in [6.07, 6.45) is 0.459. The van der Waals surface area contributed by atoms with Gasteiger partial charge in [0.25, 0.3) is 0 Å². The Morgan fingerprint density at radius 2 is 1.70 bits per heavy atom. The van der Waals surface area contributed by atoms with E-state index < -0.39 is 23.7 Å². The molecule has 30 heavy (non-hydrogen) atoms. The topological polar surface area (TPSA) is 102 Å². The van der Waals surface area contributed by atoms with Gasteiger partial charge in [0.1, 0.15) is 12.2 Å². The van der Waals surface area contributed by atoms with Gasteiger partial charge in [-0.3, -0.25) is 4.79 Å². The number of methoxy groups -OCH3 is 3. The minimum absolute atomic E-state index is 0.00430. The molecule has 0 saturated carbocycles. The quantitative estimate of drug-likeness (QED) is 0.426. The maximum absolute atomic E-state index is 13.0. The van der Waals surface area contributed by atoms with E-state index in [1.54, 1.807) is 19.1 Å². The zero-order valence-corrected chi connectivity index (χ0v) is 17.4. The Kier molecular flexibility index (Phi) is 8.57. The number of aromatic nitrogens is 1. The highest BCUT2D eigenvalue weighted by molar-refractivity contribution is 5.94. The van der Waals surface area contributed by atoms with Crippen molar-refractivity contribution in [3.63, 3.8) is 0 Å². The monoisotopic (exact) mass is 419 g/mol. The largest absolute Gasteiger partial charge is 0.482 e. The Bertz CT molecular complexity index is 919. The van der Waals surface area contributed by atoms with Crippen LogP contribution in [0.15, 0.2) is 41.3 Å². The van der Waals surface area contributed by atoms with Crippen LogP contribution in [-0.2, 0) is 32.1 Å². The number of rotatable bonds is 10. The van der Waals surface area contributed by atoms with Crippen LogP contribution in [0.5, 0.6) is 5.75 Å². The van der Waals surface area contributed by atoms with E-state index in [0.29, 0.717) is 0 Å². The minimum Gasteiger partial charge on any atom is -0.482 e. The summed E-state index contributed by atoms with van der Waals surface area (Å²) in [6, 6.07) is 9.08. The number of carbonyl (C=O) groups is 2. The van der Waals surface area contributed by atoms with Crippen molar-refractivity contribution < 1.29 is 33.3 Å². The first-order valence-corrected chi connectivity index (χ1v) is 9.21. The molecule has 162 valence electrons. The summed E-state index contributed by atoms with van der Waals surface area (Å²) < 4.78 is 27.2. The number of benzene rings is 1. The van der Waals surface area contributed by atoms with Gasteiger partial charge in [0.2, 0.25) is 5.43 Å². The van der Waals surface area contributed by atoms with Gasteiger partial charge < -0.3 is 28.3 Å². The van der Waals surface area contributed by atoms with Gasteiger partial charge in [0, 0.05) is 20.4 Å². The summed E-state index contributed by atoms with van der Waals surface area (Å²) in [7, 11) is 4.03. The molecule has 0 spiro atoms. The third-order valence-electron chi connectivity index (χ3n) is 4.21. The molecule has 1 aromatic carbocycles. The van der Waals surface area contributed by atoms with Crippen molar-refractivity contribution in [2.75, 3.05) is 27.9 Å². The van der Waals surface area contributed by atoms with Crippen molar-refractivity contribution in [3.05, 3.63) is 63.6 Å². The summed E-state index contributed by atoms with van der Waals surface area (Å²) in [5.74, 6) is -1.96. The van der Waals surface area contributed by atoms with E-state index in [2.05, 4.69) is 0 Å². The van der Waals surface area contributed by atoms with Crippen LogP contribution < -0.4 is 10.2 Å². The lowest BCUT2D eigenvalue weighted by Gasteiger charge is -2.21. The normalized spacial score (nSPS) is 10.7. The molecule has 0 radical (unpaired) electrons. The number of carbonyl (C=O) groups excluding carboxylic acids is 2. The van der Waals surface area contributed by atoms with Crippen molar-refractivity contribution in [3.8, 4) is 5.75 Å². The molecule has 9 nitrogen and oxygen atoms in total. The molecule has 2 aromatic rings. The van der Waals surface area contributed by atoms with Crippen molar-refractivity contribution in [1.29, 1.82) is 0 Å². The van der Waals surface area contributed by atoms with E-state index in [-0.39, 0.29) is 36.8 Å². The smallest absolute Gasteiger partial charge is 0.358 e. The van der Waals surface area contributed by atoms with Crippen LogP contribution in [0.2, 0.25) is 0 Å². The summed E-state index contributed by atoms with van der Waals surface area (Å²) in [5.41, 5.74) is -0.441. The van der Waals surface area contributed by atoms with E-state index in [9.17, 15) is 14.4 Å². The summed E-state index contributed by atoms with van der Waals surface area (Å²) >= 11 is 0. The summed E-state index contributed by atoms with van der Waals surface area (Å²) in [4.78, 5) is 37.9. The minimum atomic E-state index is -0.830. The highest BCUT2D eigenvalue weighted by atomic mass is 16.7. The van der Waals surface area contributed by atoms with Crippen LogP contribution >= 0.6 is 0 Å². The molecule has 0 N–H and O–H groups in total. The SMILES string of the molecule is CCOC(=O)c1cn(CC(OC)OC)c(C(=O)OC)c(OCc2ccccc2)c1=O. The standard InChI is InChI=1S/C21H25NO8/c1-5-29-20(24)15-11-22(12-16(26-2)27-3)17(21(25)28-4)19(18(15)23)30-13-14-9-7-6-8-10-14/h6-11,16H,5,12-13H2,1-4H3. The lowest BCUT2D eigenvalue weighted by molar-refractivity contribution is -0.111. The van der Waals surface area contributed by atoms with Gasteiger partial charge >= 0.3 is 11.9 Å². The molecule has 0 atom stereocenters. The summed E-state index contributed by atoms with van der Waals surface area (Å²) in [6.45, 7) is 1.70. The molecule has 0 unspecified atom stereocenters. The molecule has 0 aliphatic heterocycles. The Morgan fingerprint density at radius 1 is 1.03 bits per heavy atom. The van der Waals surface area contributed by atoms with Gasteiger partial charge in [0.05, 0.1) is 20.3 Å². The molecule has 1 aromatic heterocycles.